The lowest BCUT2D eigenvalue weighted by Crippen LogP contribution is -2.41. The zero-order valence-electron chi connectivity index (χ0n) is 36.6. The number of nitrogen functional groups attached to an aromatic ring is 1. The summed E-state index contributed by atoms with van der Waals surface area (Å²) in [5.74, 6) is 1.81. The Balaban J connectivity index is 0.000000154. The molecule has 0 aliphatic carbocycles. The summed E-state index contributed by atoms with van der Waals surface area (Å²) >= 11 is 6.59. The van der Waals surface area contributed by atoms with Crippen LogP contribution in [0.25, 0.3) is 45.1 Å². The molecule has 1 fully saturated rings. The van der Waals surface area contributed by atoms with Crippen molar-refractivity contribution in [1.29, 1.82) is 0 Å². The third-order valence-corrected chi connectivity index (χ3v) is 11.6. The summed E-state index contributed by atoms with van der Waals surface area (Å²) < 4.78 is 18.4. The summed E-state index contributed by atoms with van der Waals surface area (Å²) in [5.41, 5.74) is 14.2. The van der Waals surface area contributed by atoms with Crippen LogP contribution in [-0.4, -0.2) is 65.2 Å². The minimum Gasteiger partial charge on any atom is -0.399 e. The van der Waals surface area contributed by atoms with E-state index in [9.17, 15) is 4.79 Å². The second-order valence-corrected chi connectivity index (χ2v) is 17.2. The number of benzene rings is 3. The van der Waals surface area contributed by atoms with Gasteiger partial charge < -0.3 is 29.5 Å². The quantitative estimate of drug-likeness (QED) is 0.0856. The van der Waals surface area contributed by atoms with Crippen molar-refractivity contribution in [2.75, 3.05) is 17.6 Å². The van der Waals surface area contributed by atoms with Crippen LogP contribution in [0, 0.1) is 0 Å². The number of aldehydes is 1. The van der Waals surface area contributed by atoms with E-state index in [-0.39, 0.29) is 11.2 Å². The fraction of sp³-hybridized carbons (Fsp3) is 0.250. The number of hydrogen-bond donors (Lipinski definition) is 2. The number of nitrogens with zero attached hydrogens (tertiary/aromatic N) is 7. The Morgan fingerprint density at radius 3 is 1.59 bits per heavy atom. The monoisotopic (exact) mass is 971 g/mol. The van der Waals surface area contributed by atoms with Crippen molar-refractivity contribution in [3.63, 3.8) is 0 Å². The van der Waals surface area contributed by atoms with E-state index >= 15 is 0 Å². The molecule has 3 N–H and O–H groups in total. The van der Waals surface area contributed by atoms with E-state index in [4.69, 9.17) is 20.0 Å². The van der Waals surface area contributed by atoms with Gasteiger partial charge in [0.2, 0.25) is 0 Å². The number of rotatable bonds is 8. The number of pyridine rings is 3. The maximum Gasteiger partial charge on any atom is 0.496 e. The van der Waals surface area contributed by atoms with Gasteiger partial charge in [0, 0.05) is 52.6 Å². The molecule has 0 radical (unpaired) electrons. The molecule has 15 heteroatoms. The van der Waals surface area contributed by atoms with Gasteiger partial charge in [0.25, 0.3) is 0 Å². The highest BCUT2D eigenvalue weighted by Gasteiger charge is 2.51. The number of imidazole rings is 2. The molecule has 0 spiro atoms. The maximum absolute atomic E-state index is 10.0. The molecule has 63 heavy (non-hydrogen) atoms. The molecule has 0 bridgehead atoms. The molecule has 0 atom stereocenters. The van der Waals surface area contributed by atoms with Crippen LogP contribution in [0.4, 0.5) is 11.4 Å². The molecule has 12 nitrogen and oxygen atoms in total. The van der Waals surface area contributed by atoms with Gasteiger partial charge in [0.05, 0.1) is 44.6 Å². The number of halogens is 2. The van der Waals surface area contributed by atoms with Crippen LogP contribution in [0.15, 0.2) is 137 Å². The number of nitrogens with one attached hydrogen (secondary N) is 1. The number of carbonyl (C=O) groups excluding carboxylic acids is 1. The molecule has 324 valence electrons. The Morgan fingerprint density at radius 1 is 0.651 bits per heavy atom. The first-order valence-corrected chi connectivity index (χ1v) is 22.4. The topological polar surface area (TPSA) is 148 Å². The Hall–Kier alpha value is -5.74. The number of aromatic nitrogens is 7. The molecule has 6 heterocycles. The molecular weight excluding hydrogens is 921 g/mol. The molecule has 1 aliphatic heterocycles. The van der Waals surface area contributed by atoms with Crippen LogP contribution in [-0.2, 0) is 22.4 Å². The molecule has 9 rings (SSSR count). The van der Waals surface area contributed by atoms with E-state index in [1.54, 1.807) is 24.5 Å². The molecular formula is C48H52BBr2N9O3. The molecule has 0 amide bonds. The lowest BCUT2D eigenvalue weighted by atomic mass is 9.80. The highest BCUT2D eigenvalue weighted by Crippen LogP contribution is 2.36. The molecule has 8 aromatic rings. The Kier molecular flexibility index (Phi) is 15.7. The van der Waals surface area contributed by atoms with Crippen LogP contribution in [0.2, 0.25) is 0 Å². The van der Waals surface area contributed by atoms with Crippen molar-refractivity contribution in [2.24, 2.45) is 0 Å². The standard InChI is InChI=1S/C20H24BN3O2.C14H12BrN3.C8H12N2.C6H4BrNO/c1-6-24-17-10-8-7-9-15(17)23-18(24)16-12-11-14(13-22-16)21-25-19(2,3)20(4,5)26-21;1-2-18-13-6-4-3-5-11(13)17-14(18)12-8-7-10(15)9-16-12;1-2-10-8-6-4-3-5-7(8)9;7-5-1-2-6(4-9)8-3-5/h7-13H,6H2,1-5H3;3-9H,2H2,1H3;3-6,10H,2,9H2,1H3;1-4H. The third kappa shape index (κ3) is 11.3. The SMILES string of the molecule is CCNc1ccccc1N.CCn1c(-c2ccc(B3OC(C)(C)C(C)(C)O3)cn2)nc2ccccc21.CCn1c(-c2ccc(Br)cn2)nc2ccccc21.O=Cc1ccc(Br)cn1. The predicted octanol–water partition coefficient (Wildman–Crippen LogP) is 10.7. The smallest absolute Gasteiger partial charge is 0.399 e. The number of anilines is 2. The number of aryl methyl sites for hydroxylation is 2. The number of nitrogens with two attached hydrogens (primary N) is 1. The normalized spacial score (nSPS) is 13.6. The van der Waals surface area contributed by atoms with Crippen molar-refractivity contribution in [3.8, 4) is 23.0 Å². The fourth-order valence-electron chi connectivity index (χ4n) is 6.65. The van der Waals surface area contributed by atoms with Gasteiger partial charge in [-0.3, -0.25) is 19.7 Å². The largest absolute Gasteiger partial charge is 0.496 e. The van der Waals surface area contributed by atoms with Gasteiger partial charge in [0.15, 0.2) is 17.9 Å². The van der Waals surface area contributed by atoms with E-state index in [0.29, 0.717) is 12.0 Å². The Labute approximate surface area is 386 Å². The number of hydrogen-bond acceptors (Lipinski definition) is 10. The fourth-order valence-corrected chi connectivity index (χ4v) is 7.12. The molecule has 1 aliphatic rings. The van der Waals surface area contributed by atoms with E-state index in [1.807, 2.05) is 98.0 Å². The van der Waals surface area contributed by atoms with Crippen molar-refractivity contribution < 1.29 is 14.1 Å². The van der Waals surface area contributed by atoms with Gasteiger partial charge in [-0.15, -0.1) is 0 Å². The lowest BCUT2D eigenvalue weighted by Gasteiger charge is -2.32. The first kappa shape index (κ1) is 46.8. The van der Waals surface area contributed by atoms with Crippen molar-refractivity contribution in [3.05, 3.63) is 142 Å². The second kappa shape index (κ2) is 21.1. The highest BCUT2D eigenvalue weighted by molar-refractivity contribution is 9.10. The highest BCUT2D eigenvalue weighted by atomic mass is 79.9. The first-order valence-electron chi connectivity index (χ1n) is 20.8. The molecule has 5 aromatic heterocycles. The van der Waals surface area contributed by atoms with E-state index < -0.39 is 7.12 Å². The van der Waals surface area contributed by atoms with Gasteiger partial charge in [-0.05, 0) is 147 Å². The Morgan fingerprint density at radius 2 is 1.14 bits per heavy atom. The van der Waals surface area contributed by atoms with E-state index in [1.165, 1.54) is 0 Å². The molecule has 0 saturated carbocycles. The predicted molar refractivity (Wildman–Crippen MR) is 263 cm³/mol. The van der Waals surface area contributed by atoms with Crippen LogP contribution in [0.1, 0.15) is 59.0 Å². The number of carbonyl (C=O) groups is 1. The van der Waals surface area contributed by atoms with Gasteiger partial charge in [-0.1, -0.05) is 42.5 Å². The summed E-state index contributed by atoms with van der Waals surface area (Å²) in [6.45, 7) is 17.1. The van der Waals surface area contributed by atoms with Gasteiger partial charge in [-0.25, -0.2) is 9.97 Å². The van der Waals surface area contributed by atoms with Gasteiger partial charge in [-0.2, -0.15) is 0 Å². The van der Waals surface area contributed by atoms with Crippen LogP contribution in [0.5, 0.6) is 0 Å². The lowest BCUT2D eigenvalue weighted by molar-refractivity contribution is 0.00578. The molecule has 0 unspecified atom stereocenters. The molecule has 1 saturated heterocycles. The van der Waals surface area contributed by atoms with Gasteiger partial charge >= 0.3 is 7.12 Å². The summed E-state index contributed by atoms with van der Waals surface area (Å²) in [4.78, 5) is 32.3. The van der Waals surface area contributed by atoms with Gasteiger partial charge in [0.1, 0.15) is 17.1 Å². The van der Waals surface area contributed by atoms with Crippen LogP contribution in [0.3, 0.4) is 0 Å². The third-order valence-electron chi connectivity index (χ3n) is 10.6. The number of para-hydroxylation sites is 6. The minimum atomic E-state index is -0.397. The van der Waals surface area contributed by atoms with E-state index in [0.717, 1.165) is 90.5 Å². The maximum atomic E-state index is 10.0. The summed E-state index contributed by atoms with van der Waals surface area (Å²) in [6.07, 6.45) is 5.93. The van der Waals surface area contributed by atoms with E-state index in [2.05, 4.69) is 120 Å². The van der Waals surface area contributed by atoms with Crippen LogP contribution >= 0.6 is 31.9 Å². The average Bonchev–Trinajstić information content (AvgIpc) is 3.93. The number of fused-ring (bicyclic) bond motifs is 2. The van der Waals surface area contributed by atoms with Crippen molar-refractivity contribution in [1.82, 2.24) is 34.1 Å². The Bertz CT molecular complexity index is 2720. The summed E-state index contributed by atoms with van der Waals surface area (Å²) in [7, 11) is -0.397. The summed E-state index contributed by atoms with van der Waals surface area (Å²) in [5, 5.41) is 3.15. The summed E-state index contributed by atoms with van der Waals surface area (Å²) in [6, 6.07) is 35.5. The molecule has 3 aromatic carbocycles. The van der Waals surface area contributed by atoms with Crippen molar-refractivity contribution in [2.45, 2.75) is 72.8 Å². The first-order chi connectivity index (χ1) is 30.3. The minimum absolute atomic E-state index is 0.355. The average molecular weight is 974 g/mol. The zero-order valence-corrected chi connectivity index (χ0v) is 39.8. The second-order valence-electron chi connectivity index (χ2n) is 15.4. The zero-order chi connectivity index (χ0) is 45.1. The van der Waals surface area contributed by atoms with Crippen LogP contribution < -0.4 is 16.5 Å². The van der Waals surface area contributed by atoms with Crippen molar-refractivity contribution >= 4 is 84.2 Å².